The average Bonchev–Trinajstić information content (AvgIpc) is 2.96. The van der Waals surface area contributed by atoms with E-state index in [-0.39, 0.29) is 0 Å². The maximum Gasteiger partial charge on any atom is 0.310 e. The van der Waals surface area contributed by atoms with Gasteiger partial charge < -0.3 is 10.4 Å². The van der Waals surface area contributed by atoms with Crippen molar-refractivity contribution in [1.82, 2.24) is 5.32 Å². The van der Waals surface area contributed by atoms with Crippen molar-refractivity contribution in [3.8, 4) is 0 Å². The van der Waals surface area contributed by atoms with E-state index in [1.54, 1.807) is 18.3 Å². The third-order valence-corrected chi connectivity index (χ3v) is 4.24. The minimum absolute atomic E-state index is 0.448. The Bertz CT molecular complexity index is 534. The Kier molecular flexibility index (Phi) is 5.32. The minimum atomic E-state index is -0.785. The van der Waals surface area contributed by atoms with Gasteiger partial charge in [0.05, 0.1) is 5.92 Å². The van der Waals surface area contributed by atoms with Gasteiger partial charge in [-0.05, 0) is 35.9 Å². The Labute approximate surface area is 123 Å². The quantitative estimate of drug-likeness (QED) is 0.769. The molecule has 20 heavy (non-hydrogen) atoms. The standard InChI is InChI=1S/C16H19NO2S/c1-12(16(18)19)14-6-4-13(5-7-14)11-17-9-8-15-3-2-10-20-15/h2-7,10,12,17H,8-9,11H2,1H3,(H,18,19). The third kappa shape index (κ3) is 4.18. The van der Waals surface area contributed by atoms with Crippen LogP contribution in [0.4, 0.5) is 0 Å². The predicted octanol–water partition coefficient (Wildman–Crippen LogP) is 3.27. The highest BCUT2D eigenvalue weighted by Crippen LogP contribution is 2.16. The van der Waals surface area contributed by atoms with Crippen LogP contribution in [-0.4, -0.2) is 17.6 Å². The lowest BCUT2D eigenvalue weighted by Gasteiger charge is -2.08. The molecule has 4 heteroatoms. The van der Waals surface area contributed by atoms with Crippen molar-refractivity contribution in [2.45, 2.75) is 25.8 Å². The van der Waals surface area contributed by atoms with E-state index in [4.69, 9.17) is 5.11 Å². The maximum absolute atomic E-state index is 10.9. The second-order valence-corrected chi connectivity index (χ2v) is 5.84. The summed E-state index contributed by atoms with van der Waals surface area (Å²) in [6.07, 6.45) is 1.05. The lowest BCUT2D eigenvalue weighted by Crippen LogP contribution is -2.16. The van der Waals surface area contributed by atoms with E-state index in [9.17, 15) is 4.79 Å². The molecule has 106 valence electrons. The van der Waals surface area contributed by atoms with E-state index < -0.39 is 11.9 Å². The van der Waals surface area contributed by atoms with Gasteiger partial charge in [-0.3, -0.25) is 4.79 Å². The van der Waals surface area contributed by atoms with Crippen LogP contribution in [0.1, 0.15) is 28.8 Å². The van der Waals surface area contributed by atoms with Crippen molar-refractivity contribution >= 4 is 17.3 Å². The molecule has 0 radical (unpaired) electrons. The van der Waals surface area contributed by atoms with Gasteiger partial charge in [-0.2, -0.15) is 0 Å². The number of carboxylic acid groups (broad SMARTS) is 1. The molecule has 3 nitrogen and oxygen atoms in total. The summed E-state index contributed by atoms with van der Waals surface area (Å²) in [6, 6.07) is 12.0. The van der Waals surface area contributed by atoms with Gasteiger partial charge in [-0.25, -0.2) is 0 Å². The van der Waals surface area contributed by atoms with Crippen LogP contribution in [0.3, 0.4) is 0 Å². The summed E-state index contributed by atoms with van der Waals surface area (Å²) < 4.78 is 0. The number of benzene rings is 1. The number of thiophene rings is 1. The van der Waals surface area contributed by atoms with Crippen molar-refractivity contribution < 1.29 is 9.90 Å². The molecule has 0 spiro atoms. The summed E-state index contributed by atoms with van der Waals surface area (Å²) in [5.74, 6) is -1.23. The first-order chi connectivity index (χ1) is 9.66. The predicted molar refractivity (Wildman–Crippen MR) is 82.2 cm³/mol. The van der Waals surface area contributed by atoms with Gasteiger partial charge in [0.25, 0.3) is 0 Å². The van der Waals surface area contributed by atoms with E-state index >= 15 is 0 Å². The Hall–Kier alpha value is -1.65. The summed E-state index contributed by atoms with van der Waals surface area (Å²) in [5, 5.41) is 14.5. The molecule has 0 amide bonds. The highest BCUT2D eigenvalue weighted by Gasteiger charge is 2.12. The van der Waals surface area contributed by atoms with Crippen molar-refractivity contribution in [3.63, 3.8) is 0 Å². The second kappa shape index (κ2) is 7.22. The first kappa shape index (κ1) is 14.8. The van der Waals surface area contributed by atoms with Gasteiger partial charge in [0.2, 0.25) is 0 Å². The van der Waals surface area contributed by atoms with E-state index in [0.29, 0.717) is 0 Å². The smallest absolute Gasteiger partial charge is 0.310 e. The van der Waals surface area contributed by atoms with Crippen LogP contribution in [0.15, 0.2) is 41.8 Å². The Morgan fingerprint density at radius 2 is 2.05 bits per heavy atom. The molecule has 1 unspecified atom stereocenters. The minimum Gasteiger partial charge on any atom is -0.481 e. The molecule has 0 fully saturated rings. The van der Waals surface area contributed by atoms with E-state index in [0.717, 1.165) is 25.1 Å². The molecule has 1 aromatic carbocycles. The zero-order valence-corrected chi connectivity index (χ0v) is 12.3. The summed E-state index contributed by atoms with van der Waals surface area (Å²) in [4.78, 5) is 12.3. The Morgan fingerprint density at radius 1 is 1.30 bits per heavy atom. The molecular weight excluding hydrogens is 270 g/mol. The number of rotatable bonds is 7. The second-order valence-electron chi connectivity index (χ2n) is 4.81. The fourth-order valence-corrected chi connectivity index (χ4v) is 2.67. The summed E-state index contributed by atoms with van der Waals surface area (Å²) in [7, 11) is 0. The summed E-state index contributed by atoms with van der Waals surface area (Å²) in [6.45, 7) is 3.47. The van der Waals surface area contributed by atoms with Crippen LogP contribution in [0.5, 0.6) is 0 Å². The molecule has 0 aliphatic heterocycles. The molecule has 2 rings (SSSR count). The van der Waals surface area contributed by atoms with Crippen LogP contribution in [0, 0.1) is 0 Å². The third-order valence-electron chi connectivity index (χ3n) is 3.31. The van der Waals surface area contributed by atoms with Crippen molar-refractivity contribution in [3.05, 3.63) is 57.8 Å². The van der Waals surface area contributed by atoms with Gasteiger partial charge >= 0.3 is 5.97 Å². The molecule has 0 aliphatic carbocycles. The van der Waals surface area contributed by atoms with Gasteiger partial charge in [-0.1, -0.05) is 30.3 Å². The topological polar surface area (TPSA) is 49.3 Å². The Balaban J connectivity index is 1.77. The normalized spacial score (nSPS) is 12.2. The van der Waals surface area contributed by atoms with Gasteiger partial charge in [0.1, 0.15) is 0 Å². The lowest BCUT2D eigenvalue weighted by atomic mass is 10.0. The molecule has 1 heterocycles. The van der Waals surface area contributed by atoms with Crippen LogP contribution in [0.2, 0.25) is 0 Å². The van der Waals surface area contributed by atoms with E-state index in [1.807, 2.05) is 24.3 Å². The largest absolute Gasteiger partial charge is 0.481 e. The SMILES string of the molecule is CC(C(=O)O)c1ccc(CNCCc2cccs2)cc1. The van der Waals surface area contributed by atoms with Crippen LogP contribution >= 0.6 is 11.3 Å². The fourth-order valence-electron chi connectivity index (χ4n) is 1.97. The molecule has 0 aliphatic rings. The molecule has 0 saturated heterocycles. The monoisotopic (exact) mass is 289 g/mol. The van der Waals surface area contributed by atoms with Crippen LogP contribution in [-0.2, 0) is 17.8 Å². The zero-order valence-electron chi connectivity index (χ0n) is 11.5. The van der Waals surface area contributed by atoms with Crippen molar-refractivity contribution in [2.75, 3.05) is 6.54 Å². The van der Waals surface area contributed by atoms with Crippen molar-refractivity contribution in [2.24, 2.45) is 0 Å². The summed E-state index contributed by atoms with van der Waals surface area (Å²) in [5.41, 5.74) is 2.03. The number of hydrogen-bond acceptors (Lipinski definition) is 3. The van der Waals surface area contributed by atoms with Gasteiger partial charge in [0.15, 0.2) is 0 Å². The van der Waals surface area contributed by atoms with Gasteiger partial charge in [0, 0.05) is 18.0 Å². The van der Waals surface area contributed by atoms with Crippen LogP contribution < -0.4 is 5.32 Å². The molecule has 0 bridgehead atoms. The first-order valence-corrected chi connectivity index (χ1v) is 7.59. The molecule has 2 aromatic rings. The van der Waals surface area contributed by atoms with E-state index in [2.05, 4.69) is 22.8 Å². The van der Waals surface area contributed by atoms with Gasteiger partial charge in [-0.15, -0.1) is 11.3 Å². The fraction of sp³-hybridized carbons (Fsp3) is 0.312. The van der Waals surface area contributed by atoms with Crippen LogP contribution in [0.25, 0.3) is 0 Å². The number of nitrogens with one attached hydrogen (secondary N) is 1. The molecule has 1 aromatic heterocycles. The number of aliphatic carboxylic acids is 1. The molecule has 0 saturated carbocycles. The summed E-state index contributed by atoms with van der Waals surface area (Å²) >= 11 is 1.78. The van der Waals surface area contributed by atoms with E-state index in [1.165, 1.54) is 10.4 Å². The first-order valence-electron chi connectivity index (χ1n) is 6.71. The Morgan fingerprint density at radius 3 is 2.65 bits per heavy atom. The highest BCUT2D eigenvalue weighted by molar-refractivity contribution is 7.09. The average molecular weight is 289 g/mol. The maximum atomic E-state index is 10.9. The molecular formula is C16H19NO2S. The molecule has 1 atom stereocenters. The number of carboxylic acids is 1. The highest BCUT2D eigenvalue weighted by atomic mass is 32.1. The van der Waals surface area contributed by atoms with Crippen molar-refractivity contribution in [1.29, 1.82) is 0 Å². The zero-order chi connectivity index (χ0) is 14.4. The number of carbonyl (C=O) groups is 1. The number of hydrogen-bond donors (Lipinski definition) is 2. The lowest BCUT2D eigenvalue weighted by molar-refractivity contribution is -0.138. The molecule has 2 N–H and O–H groups in total.